The summed E-state index contributed by atoms with van der Waals surface area (Å²) in [7, 11) is 0. The molecule has 3 aliphatic rings. The van der Waals surface area contributed by atoms with Crippen molar-refractivity contribution in [3.05, 3.63) is 69.9 Å². The Hall–Kier alpha value is -2.83. The molecule has 2 unspecified atom stereocenters. The van der Waals surface area contributed by atoms with E-state index in [2.05, 4.69) is 10.2 Å². The van der Waals surface area contributed by atoms with Crippen molar-refractivity contribution in [2.45, 2.75) is 70.5 Å². The Morgan fingerprint density at radius 3 is 2.50 bits per heavy atom. The molecule has 0 aromatic heterocycles. The first kappa shape index (κ1) is 24.8. The number of carbonyl (C=O) groups is 2. The molecule has 2 saturated heterocycles. The summed E-state index contributed by atoms with van der Waals surface area (Å²) in [5, 5.41) is 3.87. The Balaban J connectivity index is 1.08. The summed E-state index contributed by atoms with van der Waals surface area (Å²) in [5.41, 5.74) is 2.06. The monoisotopic (exact) mass is 508 g/mol. The summed E-state index contributed by atoms with van der Waals surface area (Å²) in [6.45, 7) is 5.36. The van der Waals surface area contributed by atoms with E-state index < -0.39 is 0 Å². The fourth-order valence-corrected chi connectivity index (χ4v) is 5.87. The number of hydrogen-bond donors (Lipinski definition) is 1. The molecule has 7 heteroatoms. The van der Waals surface area contributed by atoms with Crippen LogP contribution in [-0.2, 0) is 0 Å². The average molecular weight is 509 g/mol. The van der Waals surface area contributed by atoms with Crippen molar-refractivity contribution < 1.29 is 19.1 Å². The maximum absolute atomic E-state index is 12.7. The van der Waals surface area contributed by atoms with Gasteiger partial charge in [0.25, 0.3) is 5.91 Å². The number of rotatable bonds is 8. The van der Waals surface area contributed by atoms with E-state index in [9.17, 15) is 9.59 Å². The highest BCUT2D eigenvalue weighted by Crippen LogP contribution is 2.39. The summed E-state index contributed by atoms with van der Waals surface area (Å²) in [6, 6.07) is 13.8. The van der Waals surface area contributed by atoms with Gasteiger partial charge in [0.15, 0.2) is 5.76 Å². The SMILES string of the molecule is CC(C)=C1Oc2cccc(OCCCCN3C4CCC3CC(NC(=O)c3ccc(Cl)cc3)C4)c2C1=O. The molecule has 190 valence electrons. The molecule has 0 saturated carbocycles. The van der Waals surface area contributed by atoms with Gasteiger partial charge in [-0.15, -0.1) is 0 Å². The van der Waals surface area contributed by atoms with Crippen LogP contribution in [0.5, 0.6) is 11.5 Å². The predicted octanol–water partition coefficient (Wildman–Crippen LogP) is 5.79. The summed E-state index contributed by atoms with van der Waals surface area (Å²) in [6.07, 6.45) is 6.34. The van der Waals surface area contributed by atoms with Crippen molar-refractivity contribution in [2.24, 2.45) is 0 Å². The van der Waals surface area contributed by atoms with E-state index in [4.69, 9.17) is 21.1 Å². The van der Waals surface area contributed by atoms with Gasteiger partial charge in [0.05, 0.1) is 6.61 Å². The fraction of sp³-hybridized carbons (Fsp3) is 0.448. The van der Waals surface area contributed by atoms with Crippen LogP contribution in [0.15, 0.2) is 53.8 Å². The smallest absolute Gasteiger partial charge is 0.251 e. The lowest BCUT2D eigenvalue weighted by molar-refractivity contribution is 0.0837. The van der Waals surface area contributed by atoms with E-state index in [1.165, 1.54) is 12.8 Å². The molecule has 1 amide bonds. The second kappa shape index (κ2) is 10.7. The molecule has 0 aliphatic carbocycles. The van der Waals surface area contributed by atoms with Crippen molar-refractivity contribution >= 4 is 23.3 Å². The lowest BCUT2D eigenvalue weighted by Gasteiger charge is -2.39. The van der Waals surface area contributed by atoms with Crippen LogP contribution in [0, 0.1) is 0 Å². The van der Waals surface area contributed by atoms with Gasteiger partial charge in [0.2, 0.25) is 5.78 Å². The Kier molecular flexibility index (Phi) is 7.35. The van der Waals surface area contributed by atoms with Gasteiger partial charge in [0, 0.05) is 28.7 Å². The molecule has 2 aromatic rings. The van der Waals surface area contributed by atoms with Gasteiger partial charge in [-0.1, -0.05) is 17.7 Å². The van der Waals surface area contributed by atoms with Crippen molar-refractivity contribution in [3.63, 3.8) is 0 Å². The zero-order valence-electron chi connectivity index (χ0n) is 20.9. The second-order valence-electron chi connectivity index (χ2n) is 10.2. The predicted molar refractivity (Wildman–Crippen MR) is 140 cm³/mol. The Morgan fingerprint density at radius 2 is 1.81 bits per heavy atom. The number of benzene rings is 2. The summed E-state index contributed by atoms with van der Waals surface area (Å²) >= 11 is 5.94. The highest BCUT2D eigenvalue weighted by molar-refractivity contribution is 6.30. The van der Waals surface area contributed by atoms with Crippen LogP contribution in [0.3, 0.4) is 0 Å². The van der Waals surface area contributed by atoms with E-state index in [0.717, 1.165) is 37.8 Å². The van der Waals surface area contributed by atoms with Crippen LogP contribution in [0.25, 0.3) is 0 Å². The lowest BCUT2D eigenvalue weighted by atomic mass is 9.96. The third-order valence-electron chi connectivity index (χ3n) is 7.48. The summed E-state index contributed by atoms with van der Waals surface area (Å²) < 4.78 is 11.8. The Labute approximate surface area is 217 Å². The summed E-state index contributed by atoms with van der Waals surface area (Å²) in [5.74, 6) is 1.48. The van der Waals surface area contributed by atoms with Gasteiger partial charge < -0.3 is 14.8 Å². The van der Waals surface area contributed by atoms with E-state index >= 15 is 0 Å². The van der Waals surface area contributed by atoms with Crippen molar-refractivity contribution in [2.75, 3.05) is 13.2 Å². The first-order valence-corrected chi connectivity index (χ1v) is 13.3. The van der Waals surface area contributed by atoms with Gasteiger partial charge in [-0.3, -0.25) is 14.5 Å². The van der Waals surface area contributed by atoms with Crippen LogP contribution in [-0.4, -0.2) is 47.9 Å². The number of Topliss-reactive ketones (excluding diaryl/α,β-unsaturated/α-hetero) is 1. The van der Waals surface area contributed by atoms with Crippen LogP contribution in [0.2, 0.25) is 5.02 Å². The first-order chi connectivity index (χ1) is 17.4. The first-order valence-electron chi connectivity index (χ1n) is 12.9. The maximum Gasteiger partial charge on any atom is 0.251 e. The Morgan fingerprint density at radius 1 is 1.08 bits per heavy atom. The number of nitrogens with one attached hydrogen (secondary N) is 1. The van der Waals surface area contributed by atoms with Crippen molar-refractivity contribution in [3.8, 4) is 11.5 Å². The number of fused-ring (bicyclic) bond motifs is 3. The molecule has 2 bridgehead atoms. The van der Waals surface area contributed by atoms with Crippen LogP contribution >= 0.6 is 11.6 Å². The molecule has 3 heterocycles. The number of allylic oxidation sites excluding steroid dienone is 2. The topological polar surface area (TPSA) is 67.9 Å². The Bertz CT molecular complexity index is 1160. The minimum atomic E-state index is -0.0943. The van der Waals surface area contributed by atoms with E-state index in [1.807, 2.05) is 32.0 Å². The van der Waals surface area contributed by atoms with E-state index in [1.54, 1.807) is 24.3 Å². The molecule has 1 N–H and O–H groups in total. The summed E-state index contributed by atoms with van der Waals surface area (Å²) in [4.78, 5) is 28.0. The molecule has 0 radical (unpaired) electrons. The molecule has 0 spiro atoms. The standard InChI is InChI=1S/C29H33ClN2O4/c1-18(2)28-27(33)26-24(6-5-7-25(26)36-28)35-15-4-3-14-32-22-12-13-23(32)17-21(16-22)31-29(34)19-8-10-20(30)11-9-19/h5-11,21-23H,3-4,12-17H2,1-2H3,(H,31,34). The average Bonchev–Trinajstić information content (AvgIpc) is 3.32. The van der Waals surface area contributed by atoms with Crippen LogP contribution in [0.4, 0.5) is 0 Å². The molecule has 6 nitrogen and oxygen atoms in total. The number of carbonyl (C=O) groups excluding carboxylic acids is 2. The van der Waals surface area contributed by atoms with Gasteiger partial charge in [-0.05, 0) is 101 Å². The van der Waals surface area contributed by atoms with Crippen molar-refractivity contribution in [1.29, 1.82) is 0 Å². The number of hydrogen-bond acceptors (Lipinski definition) is 5. The van der Waals surface area contributed by atoms with Crippen LogP contribution < -0.4 is 14.8 Å². The molecular formula is C29H33ClN2O4. The third-order valence-corrected chi connectivity index (χ3v) is 7.73. The molecule has 5 rings (SSSR count). The maximum atomic E-state index is 12.7. The number of amides is 1. The zero-order chi connectivity index (χ0) is 25.2. The molecular weight excluding hydrogens is 476 g/mol. The largest absolute Gasteiger partial charge is 0.493 e. The minimum absolute atomic E-state index is 0.0188. The van der Waals surface area contributed by atoms with E-state index in [0.29, 0.717) is 52.1 Å². The molecule has 3 aliphatic heterocycles. The lowest BCUT2D eigenvalue weighted by Crippen LogP contribution is -2.50. The quantitative estimate of drug-likeness (QED) is 0.361. The highest BCUT2D eigenvalue weighted by atomic mass is 35.5. The number of ketones is 1. The molecule has 2 atom stereocenters. The molecule has 36 heavy (non-hydrogen) atoms. The van der Waals surface area contributed by atoms with Gasteiger partial charge in [-0.25, -0.2) is 0 Å². The van der Waals surface area contributed by atoms with Gasteiger partial charge in [-0.2, -0.15) is 0 Å². The highest BCUT2D eigenvalue weighted by Gasteiger charge is 2.40. The number of piperidine rings is 1. The molecule has 2 aromatic carbocycles. The molecule has 2 fully saturated rings. The third kappa shape index (κ3) is 5.16. The number of halogens is 1. The van der Waals surface area contributed by atoms with Gasteiger partial charge >= 0.3 is 0 Å². The number of ether oxygens (including phenoxy) is 2. The van der Waals surface area contributed by atoms with Crippen molar-refractivity contribution in [1.82, 2.24) is 10.2 Å². The second-order valence-corrected chi connectivity index (χ2v) is 10.7. The normalized spacial score (nSPS) is 22.8. The number of nitrogens with zero attached hydrogens (tertiary/aromatic N) is 1. The van der Waals surface area contributed by atoms with Crippen LogP contribution in [0.1, 0.15) is 73.1 Å². The van der Waals surface area contributed by atoms with Gasteiger partial charge in [0.1, 0.15) is 17.1 Å². The number of unbranched alkanes of at least 4 members (excludes halogenated alkanes) is 1. The minimum Gasteiger partial charge on any atom is -0.493 e. The zero-order valence-corrected chi connectivity index (χ0v) is 21.6. The van der Waals surface area contributed by atoms with E-state index in [-0.39, 0.29) is 17.7 Å². The fourth-order valence-electron chi connectivity index (χ4n) is 5.74.